The molecule has 0 unspecified atom stereocenters. The van der Waals surface area contributed by atoms with E-state index in [-0.39, 0.29) is 12.5 Å². The Kier molecular flexibility index (Phi) is 5.53. The maximum atomic E-state index is 12.1. The van der Waals surface area contributed by atoms with Crippen LogP contribution in [0, 0.1) is 13.8 Å². The molecule has 1 aromatic heterocycles. The lowest BCUT2D eigenvalue weighted by Gasteiger charge is -2.08. The minimum Gasteiger partial charge on any atom is -0.496 e. The van der Waals surface area contributed by atoms with Crippen LogP contribution in [0.2, 0.25) is 0 Å². The fourth-order valence-corrected chi connectivity index (χ4v) is 3.15. The van der Waals surface area contributed by atoms with E-state index in [2.05, 4.69) is 10.3 Å². The number of thiazole rings is 1. The summed E-state index contributed by atoms with van der Waals surface area (Å²) in [6, 6.07) is 13.4. The van der Waals surface area contributed by atoms with Crippen LogP contribution in [0.3, 0.4) is 0 Å². The summed E-state index contributed by atoms with van der Waals surface area (Å²) in [5, 5.41) is 5.18. The summed E-state index contributed by atoms with van der Waals surface area (Å²) in [4.78, 5) is 16.6. The molecule has 2 aromatic carbocycles. The first kappa shape index (κ1) is 17.9. The van der Waals surface area contributed by atoms with E-state index in [0.717, 1.165) is 22.6 Å². The summed E-state index contributed by atoms with van der Waals surface area (Å²) in [5.41, 5.74) is 3.97. The molecule has 0 bridgehead atoms. The summed E-state index contributed by atoms with van der Waals surface area (Å²) >= 11 is 1.36. The normalized spacial score (nSPS) is 10.4. The van der Waals surface area contributed by atoms with Gasteiger partial charge >= 0.3 is 0 Å². The molecular formula is C20H20N2O3S. The van der Waals surface area contributed by atoms with Crippen LogP contribution in [-0.4, -0.2) is 24.6 Å². The number of ether oxygens (including phenoxy) is 2. The summed E-state index contributed by atoms with van der Waals surface area (Å²) in [5.74, 6) is 1.18. The van der Waals surface area contributed by atoms with E-state index in [4.69, 9.17) is 9.47 Å². The average molecular weight is 368 g/mol. The van der Waals surface area contributed by atoms with Crippen molar-refractivity contribution in [1.82, 2.24) is 4.98 Å². The number of anilines is 1. The minimum absolute atomic E-state index is 0.0634. The molecule has 1 N–H and O–H groups in total. The molecule has 0 saturated heterocycles. The zero-order valence-corrected chi connectivity index (χ0v) is 15.7. The van der Waals surface area contributed by atoms with Gasteiger partial charge in [-0.2, -0.15) is 0 Å². The number of rotatable bonds is 6. The van der Waals surface area contributed by atoms with E-state index in [1.807, 2.05) is 61.7 Å². The van der Waals surface area contributed by atoms with Crippen LogP contribution in [0.1, 0.15) is 11.1 Å². The second-order valence-electron chi connectivity index (χ2n) is 5.82. The first-order valence-electron chi connectivity index (χ1n) is 8.15. The van der Waals surface area contributed by atoms with E-state index < -0.39 is 0 Å². The Morgan fingerprint density at radius 2 is 1.96 bits per heavy atom. The van der Waals surface area contributed by atoms with Crippen molar-refractivity contribution in [2.24, 2.45) is 0 Å². The molecule has 0 spiro atoms. The monoisotopic (exact) mass is 368 g/mol. The van der Waals surface area contributed by atoms with Gasteiger partial charge in [-0.25, -0.2) is 4.98 Å². The highest BCUT2D eigenvalue weighted by Crippen LogP contribution is 2.31. The minimum atomic E-state index is -0.246. The molecule has 0 aliphatic rings. The van der Waals surface area contributed by atoms with Gasteiger partial charge in [0.15, 0.2) is 11.7 Å². The van der Waals surface area contributed by atoms with Crippen molar-refractivity contribution in [2.75, 3.05) is 19.0 Å². The van der Waals surface area contributed by atoms with Crippen LogP contribution in [0.5, 0.6) is 11.5 Å². The maximum absolute atomic E-state index is 12.1. The van der Waals surface area contributed by atoms with Gasteiger partial charge in [0.25, 0.3) is 5.91 Å². The summed E-state index contributed by atoms with van der Waals surface area (Å²) in [7, 11) is 1.62. The number of hydrogen-bond donors (Lipinski definition) is 1. The van der Waals surface area contributed by atoms with Crippen molar-refractivity contribution in [3.8, 4) is 22.8 Å². The predicted octanol–water partition coefficient (Wildman–Crippen LogP) is 4.45. The highest BCUT2D eigenvalue weighted by Gasteiger charge is 2.11. The standard InChI is InChI=1S/C20H20N2O3S/c1-13-8-9-15(10-14(13)2)25-11-19(23)22-20-21-17(12-26-20)16-6-4-5-7-18(16)24-3/h4-10,12H,11H2,1-3H3,(H,21,22,23). The van der Waals surface area contributed by atoms with Gasteiger partial charge in [-0.3, -0.25) is 10.1 Å². The average Bonchev–Trinajstić information content (AvgIpc) is 3.11. The molecular weight excluding hydrogens is 348 g/mol. The first-order chi connectivity index (χ1) is 12.6. The van der Waals surface area contributed by atoms with E-state index in [9.17, 15) is 4.79 Å². The highest BCUT2D eigenvalue weighted by molar-refractivity contribution is 7.14. The Bertz CT molecular complexity index is 921. The number of carbonyl (C=O) groups is 1. The van der Waals surface area contributed by atoms with Crippen LogP contribution in [0.15, 0.2) is 47.8 Å². The number of aryl methyl sites for hydroxylation is 2. The largest absolute Gasteiger partial charge is 0.496 e. The second-order valence-corrected chi connectivity index (χ2v) is 6.68. The number of nitrogens with one attached hydrogen (secondary N) is 1. The van der Waals surface area contributed by atoms with Gasteiger partial charge in [0.1, 0.15) is 11.5 Å². The molecule has 1 amide bonds. The van der Waals surface area contributed by atoms with Crippen LogP contribution in [-0.2, 0) is 4.79 Å². The van der Waals surface area contributed by atoms with Crippen LogP contribution < -0.4 is 14.8 Å². The van der Waals surface area contributed by atoms with Gasteiger partial charge in [0.2, 0.25) is 0 Å². The Morgan fingerprint density at radius 3 is 2.73 bits per heavy atom. The van der Waals surface area contributed by atoms with Gasteiger partial charge < -0.3 is 9.47 Å². The lowest BCUT2D eigenvalue weighted by Crippen LogP contribution is -2.20. The quantitative estimate of drug-likeness (QED) is 0.698. The van der Waals surface area contributed by atoms with Crippen molar-refractivity contribution >= 4 is 22.4 Å². The van der Waals surface area contributed by atoms with Crippen LogP contribution >= 0.6 is 11.3 Å². The number of para-hydroxylation sites is 1. The second kappa shape index (κ2) is 8.01. The Balaban J connectivity index is 1.61. The molecule has 134 valence electrons. The zero-order chi connectivity index (χ0) is 18.5. The fourth-order valence-electron chi connectivity index (χ4n) is 2.42. The third kappa shape index (κ3) is 4.21. The number of methoxy groups -OCH3 is 1. The SMILES string of the molecule is COc1ccccc1-c1csc(NC(=O)COc2ccc(C)c(C)c2)n1. The predicted molar refractivity (Wildman–Crippen MR) is 104 cm³/mol. The third-order valence-corrected chi connectivity index (χ3v) is 4.74. The molecule has 3 aromatic rings. The summed E-state index contributed by atoms with van der Waals surface area (Å²) < 4.78 is 10.9. The van der Waals surface area contributed by atoms with E-state index in [1.165, 1.54) is 16.9 Å². The van der Waals surface area contributed by atoms with E-state index in [1.54, 1.807) is 7.11 Å². The molecule has 5 nitrogen and oxygen atoms in total. The lowest BCUT2D eigenvalue weighted by atomic mass is 10.1. The van der Waals surface area contributed by atoms with Crippen molar-refractivity contribution in [2.45, 2.75) is 13.8 Å². The smallest absolute Gasteiger partial charge is 0.264 e. The molecule has 0 saturated carbocycles. The first-order valence-corrected chi connectivity index (χ1v) is 9.03. The van der Waals surface area contributed by atoms with Crippen molar-refractivity contribution in [3.63, 3.8) is 0 Å². The van der Waals surface area contributed by atoms with Crippen molar-refractivity contribution in [1.29, 1.82) is 0 Å². The van der Waals surface area contributed by atoms with Crippen LogP contribution in [0.4, 0.5) is 5.13 Å². The molecule has 0 fully saturated rings. The van der Waals surface area contributed by atoms with Crippen molar-refractivity contribution in [3.05, 3.63) is 59.0 Å². The topological polar surface area (TPSA) is 60.5 Å². The Labute approximate surface area is 156 Å². The summed E-state index contributed by atoms with van der Waals surface area (Å²) in [6.07, 6.45) is 0. The van der Waals surface area contributed by atoms with Crippen molar-refractivity contribution < 1.29 is 14.3 Å². The number of carbonyl (C=O) groups excluding carboxylic acids is 1. The van der Waals surface area contributed by atoms with Gasteiger partial charge in [-0.1, -0.05) is 18.2 Å². The van der Waals surface area contributed by atoms with Gasteiger partial charge in [0, 0.05) is 10.9 Å². The number of aromatic nitrogens is 1. The highest BCUT2D eigenvalue weighted by atomic mass is 32.1. The van der Waals surface area contributed by atoms with E-state index >= 15 is 0 Å². The number of nitrogens with zero attached hydrogens (tertiary/aromatic N) is 1. The maximum Gasteiger partial charge on any atom is 0.264 e. The molecule has 1 heterocycles. The number of benzene rings is 2. The lowest BCUT2D eigenvalue weighted by molar-refractivity contribution is -0.118. The Hall–Kier alpha value is -2.86. The number of hydrogen-bond acceptors (Lipinski definition) is 5. The fraction of sp³-hybridized carbons (Fsp3) is 0.200. The molecule has 0 aliphatic carbocycles. The molecule has 6 heteroatoms. The van der Waals surface area contributed by atoms with E-state index in [0.29, 0.717) is 10.9 Å². The molecule has 0 radical (unpaired) electrons. The molecule has 3 rings (SSSR count). The summed E-state index contributed by atoms with van der Waals surface area (Å²) in [6.45, 7) is 3.98. The van der Waals surface area contributed by atoms with Gasteiger partial charge in [0.05, 0.1) is 12.8 Å². The molecule has 0 atom stereocenters. The van der Waals surface area contributed by atoms with Gasteiger partial charge in [-0.15, -0.1) is 11.3 Å². The van der Waals surface area contributed by atoms with Gasteiger partial charge in [-0.05, 0) is 49.2 Å². The third-order valence-electron chi connectivity index (χ3n) is 3.98. The molecule has 26 heavy (non-hydrogen) atoms. The van der Waals surface area contributed by atoms with Crippen LogP contribution in [0.25, 0.3) is 11.3 Å². The molecule has 0 aliphatic heterocycles. The Morgan fingerprint density at radius 1 is 1.15 bits per heavy atom. The number of amides is 1. The zero-order valence-electron chi connectivity index (χ0n) is 14.9.